The molecule has 0 aliphatic heterocycles. The number of nitrogens with one attached hydrogen (secondary N) is 2. The van der Waals surface area contributed by atoms with Crippen molar-refractivity contribution in [2.45, 2.75) is 33.2 Å². The summed E-state index contributed by atoms with van der Waals surface area (Å²) < 4.78 is 1.81. The fourth-order valence-electron chi connectivity index (χ4n) is 4.04. The van der Waals surface area contributed by atoms with E-state index in [1.807, 2.05) is 77.5 Å². The molecule has 2 aromatic carbocycles. The van der Waals surface area contributed by atoms with Crippen LogP contribution in [0.3, 0.4) is 0 Å². The number of hydrogen-bond donors (Lipinski definition) is 2. The summed E-state index contributed by atoms with van der Waals surface area (Å²) in [7, 11) is 0. The lowest BCUT2D eigenvalue weighted by Crippen LogP contribution is -2.44. The highest BCUT2D eigenvalue weighted by atomic mass is 32.1. The summed E-state index contributed by atoms with van der Waals surface area (Å²) in [5.41, 5.74) is 3.73. The van der Waals surface area contributed by atoms with Gasteiger partial charge in [0.2, 0.25) is 0 Å². The largest absolute Gasteiger partial charge is 0.349 e. The molecule has 0 aliphatic carbocycles. The average molecular weight is 461 g/mol. The summed E-state index contributed by atoms with van der Waals surface area (Å²) in [6.45, 7) is 6.39. The fraction of sp³-hybridized carbons (Fsp3) is 0.269. The molecule has 2 N–H and O–H groups in total. The molecule has 33 heavy (non-hydrogen) atoms. The highest BCUT2D eigenvalue weighted by Crippen LogP contribution is 2.23. The number of thiazole rings is 1. The van der Waals surface area contributed by atoms with Gasteiger partial charge in [0.25, 0.3) is 11.8 Å². The Hall–Kier alpha value is -3.45. The van der Waals surface area contributed by atoms with Crippen molar-refractivity contribution in [2.24, 2.45) is 5.92 Å². The van der Waals surface area contributed by atoms with Crippen LogP contribution in [0.5, 0.6) is 0 Å². The molecule has 0 bridgehead atoms. The van der Waals surface area contributed by atoms with E-state index in [-0.39, 0.29) is 17.9 Å². The van der Waals surface area contributed by atoms with Crippen LogP contribution in [0.2, 0.25) is 0 Å². The molecule has 7 heteroatoms. The van der Waals surface area contributed by atoms with Crippen LogP contribution < -0.4 is 10.6 Å². The van der Waals surface area contributed by atoms with E-state index in [0.29, 0.717) is 29.4 Å². The lowest BCUT2D eigenvalue weighted by Gasteiger charge is -2.22. The number of nitrogens with zero attached hydrogens (tertiary/aromatic N) is 2. The van der Waals surface area contributed by atoms with Crippen LogP contribution in [0.25, 0.3) is 16.1 Å². The van der Waals surface area contributed by atoms with Crippen molar-refractivity contribution in [2.75, 3.05) is 6.54 Å². The summed E-state index contributed by atoms with van der Waals surface area (Å²) in [6.07, 6.45) is 2.60. The van der Waals surface area contributed by atoms with Crippen LogP contribution >= 0.6 is 11.3 Å². The quantitative estimate of drug-likeness (QED) is 0.391. The zero-order chi connectivity index (χ0) is 23.4. The molecule has 0 unspecified atom stereocenters. The molecule has 0 radical (unpaired) electrons. The van der Waals surface area contributed by atoms with Gasteiger partial charge in [0.1, 0.15) is 5.69 Å². The lowest BCUT2D eigenvalue weighted by atomic mass is 9.98. The van der Waals surface area contributed by atoms with Gasteiger partial charge in [-0.2, -0.15) is 0 Å². The maximum Gasteiger partial charge on any atom is 0.270 e. The minimum absolute atomic E-state index is 0.143. The molecular formula is C26H28N4O2S. The minimum atomic E-state index is -0.198. The van der Waals surface area contributed by atoms with Gasteiger partial charge in [0.05, 0.1) is 5.69 Å². The van der Waals surface area contributed by atoms with Crippen molar-refractivity contribution < 1.29 is 9.59 Å². The van der Waals surface area contributed by atoms with Gasteiger partial charge in [0, 0.05) is 29.7 Å². The van der Waals surface area contributed by atoms with Crippen LogP contribution in [-0.2, 0) is 0 Å². The van der Waals surface area contributed by atoms with Gasteiger partial charge >= 0.3 is 0 Å². The molecule has 6 nitrogen and oxygen atoms in total. The van der Waals surface area contributed by atoms with Crippen LogP contribution in [0.15, 0.2) is 66.2 Å². The number of carbonyl (C=O) groups is 2. The predicted molar refractivity (Wildman–Crippen MR) is 133 cm³/mol. The summed E-state index contributed by atoms with van der Waals surface area (Å²) in [5.74, 6) is 0.0260. The first-order chi connectivity index (χ1) is 15.9. The number of hydrogen-bond acceptors (Lipinski definition) is 4. The Labute approximate surface area is 197 Å². The summed E-state index contributed by atoms with van der Waals surface area (Å²) >= 11 is 1.49. The maximum absolute atomic E-state index is 13.3. The van der Waals surface area contributed by atoms with Gasteiger partial charge in [-0.15, -0.1) is 11.3 Å². The second-order valence-electron chi connectivity index (χ2n) is 8.52. The monoisotopic (exact) mass is 460 g/mol. The minimum Gasteiger partial charge on any atom is -0.349 e. The van der Waals surface area contributed by atoms with Gasteiger partial charge < -0.3 is 10.6 Å². The van der Waals surface area contributed by atoms with Crippen LogP contribution in [0.1, 0.15) is 46.8 Å². The number of imidazole rings is 1. The SMILES string of the molecule is Cc1nc2sccn2c1C(=O)NC[C@@H](CC(C)C)NC(=O)c1ccccc1-c1ccccc1. The molecule has 1 atom stereocenters. The maximum atomic E-state index is 13.3. The predicted octanol–water partition coefficient (Wildman–Crippen LogP) is 4.95. The first-order valence-electron chi connectivity index (χ1n) is 11.1. The van der Waals surface area contributed by atoms with Crippen LogP contribution in [0, 0.1) is 12.8 Å². The number of benzene rings is 2. The molecule has 2 aromatic heterocycles. The summed E-state index contributed by atoms with van der Waals surface area (Å²) in [4.78, 5) is 31.4. The number of carbonyl (C=O) groups excluding carboxylic acids is 2. The van der Waals surface area contributed by atoms with E-state index in [1.54, 1.807) is 0 Å². The second-order valence-corrected chi connectivity index (χ2v) is 9.40. The fourth-order valence-corrected chi connectivity index (χ4v) is 4.80. The highest BCUT2D eigenvalue weighted by Gasteiger charge is 2.21. The Morgan fingerprint density at radius 2 is 1.76 bits per heavy atom. The van der Waals surface area contributed by atoms with E-state index in [4.69, 9.17) is 0 Å². The second kappa shape index (κ2) is 10.0. The van der Waals surface area contributed by atoms with Crippen molar-refractivity contribution in [3.8, 4) is 11.1 Å². The topological polar surface area (TPSA) is 75.5 Å². The smallest absolute Gasteiger partial charge is 0.270 e. The van der Waals surface area contributed by atoms with E-state index >= 15 is 0 Å². The van der Waals surface area contributed by atoms with E-state index in [9.17, 15) is 9.59 Å². The van der Waals surface area contributed by atoms with Gasteiger partial charge in [0.15, 0.2) is 4.96 Å². The Balaban J connectivity index is 1.50. The Bertz CT molecular complexity index is 1260. The molecule has 0 aliphatic rings. The molecule has 0 saturated heterocycles. The number of aromatic nitrogens is 2. The Kier molecular flexibility index (Phi) is 6.89. The molecule has 170 valence electrons. The van der Waals surface area contributed by atoms with Crippen molar-refractivity contribution >= 4 is 28.1 Å². The van der Waals surface area contributed by atoms with Crippen LogP contribution in [-0.4, -0.2) is 33.8 Å². The number of aryl methyl sites for hydroxylation is 1. The van der Waals surface area contributed by atoms with Crippen molar-refractivity contribution in [3.63, 3.8) is 0 Å². The van der Waals surface area contributed by atoms with Crippen molar-refractivity contribution in [3.05, 3.63) is 83.1 Å². The molecule has 4 aromatic rings. The van der Waals surface area contributed by atoms with E-state index < -0.39 is 0 Å². The first-order valence-corrected chi connectivity index (χ1v) is 12.0. The number of rotatable bonds is 8. The van der Waals surface area contributed by atoms with E-state index in [0.717, 1.165) is 22.5 Å². The van der Waals surface area contributed by atoms with Gasteiger partial charge in [-0.3, -0.25) is 14.0 Å². The van der Waals surface area contributed by atoms with Gasteiger partial charge in [-0.05, 0) is 36.5 Å². The van der Waals surface area contributed by atoms with E-state index in [2.05, 4.69) is 29.5 Å². The molecule has 0 saturated carbocycles. The van der Waals surface area contributed by atoms with Crippen molar-refractivity contribution in [1.29, 1.82) is 0 Å². The summed E-state index contributed by atoms with van der Waals surface area (Å²) in [6, 6.07) is 17.3. The third kappa shape index (κ3) is 5.14. The van der Waals surface area contributed by atoms with Crippen molar-refractivity contribution in [1.82, 2.24) is 20.0 Å². The standard InChI is InChI=1S/C26H28N4O2S/c1-17(2)15-20(16-27-25(32)23-18(3)28-26-30(23)13-14-33-26)29-24(31)22-12-8-7-11-21(22)19-9-5-4-6-10-19/h4-14,17,20H,15-16H2,1-3H3,(H,27,32)(H,29,31)/t20-/m1/s1. The summed E-state index contributed by atoms with van der Waals surface area (Å²) in [5, 5.41) is 8.06. The molecule has 2 heterocycles. The molecule has 0 fully saturated rings. The molecule has 2 amide bonds. The van der Waals surface area contributed by atoms with Crippen LogP contribution in [0.4, 0.5) is 0 Å². The van der Waals surface area contributed by atoms with E-state index in [1.165, 1.54) is 11.3 Å². The zero-order valence-corrected chi connectivity index (χ0v) is 19.9. The lowest BCUT2D eigenvalue weighted by molar-refractivity contribution is 0.0901. The number of fused-ring (bicyclic) bond motifs is 1. The Morgan fingerprint density at radius 3 is 2.52 bits per heavy atom. The zero-order valence-electron chi connectivity index (χ0n) is 19.0. The third-order valence-electron chi connectivity index (χ3n) is 5.51. The third-order valence-corrected chi connectivity index (χ3v) is 6.26. The van der Waals surface area contributed by atoms with Gasteiger partial charge in [-0.1, -0.05) is 62.4 Å². The average Bonchev–Trinajstić information content (AvgIpc) is 3.37. The first kappa shape index (κ1) is 22.7. The Morgan fingerprint density at radius 1 is 1.03 bits per heavy atom. The normalized spacial score (nSPS) is 12.1. The molecular weight excluding hydrogens is 432 g/mol. The molecule has 4 rings (SSSR count). The number of amides is 2. The molecule has 0 spiro atoms. The van der Waals surface area contributed by atoms with Gasteiger partial charge in [-0.25, -0.2) is 4.98 Å². The highest BCUT2D eigenvalue weighted by molar-refractivity contribution is 7.15.